The van der Waals surface area contributed by atoms with Crippen molar-refractivity contribution >= 4 is 6.09 Å². The average Bonchev–Trinajstić information content (AvgIpc) is 2.64. The van der Waals surface area contributed by atoms with E-state index in [9.17, 15) is 4.79 Å². The largest absolute Gasteiger partial charge is 0.444 e. The van der Waals surface area contributed by atoms with Crippen LogP contribution in [0.5, 0.6) is 0 Å². The van der Waals surface area contributed by atoms with Gasteiger partial charge in [0.05, 0.1) is 5.69 Å². The molecule has 1 atom stereocenters. The SMILES string of the molecule is Cc1nn(C)cc1C(C)(CN)CNC(=O)OC(C)(C)C. The molecule has 0 aliphatic rings. The second-order valence-corrected chi connectivity index (χ2v) is 6.42. The molecule has 1 aromatic rings. The van der Waals surface area contributed by atoms with Gasteiger partial charge >= 0.3 is 6.09 Å². The van der Waals surface area contributed by atoms with Gasteiger partial charge in [0.2, 0.25) is 0 Å². The zero-order chi connectivity index (χ0) is 15.6. The highest BCUT2D eigenvalue weighted by Crippen LogP contribution is 2.24. The molecular weight excluding hydrogens is 256 g/mol. The maximum absolute atomic E-state index is 11.7. The molecule has 0 radical (unpaired) electrons. The van der Waals surface area contributed by atoms with Crippen LogP contribution in [-0.4, -0.2) is 34.6 Å². The first-order chi connectivity index (χ1) is 9.07. The standard InChI is InChI=1S/C14H26N4O2/c1-10-11(7-18(6)17-10)14(5,8-15)9-16-12(19)20-13(2,3)4/h7H,8-9,15H2,1-6H3,(H,16,19). The second-order valence-electron chi connectivity index (χ2n) is 6.42. The summed E-state index contributed by atoms with van der Waals surface area (Å²) < 4.78 is 6.99. The van der Waals surface area contributed by atoms with Crippen molar-refractivity contribution in [3.05, 3.63) is 17.5 Å². The van der Waals surface area contributed by atoms with Crippen molar-refractivity contribution in [2.45, 2.75) is 45.6 Å². The molecule has 0 saturated heterocycles. The Balaban J connectivity index is 2.76. The fourth-order valence-electron chi connectivity index (χ4n) is 2.05. The van der Waals surface area contributed by atoms with Crippen molar-refractivity contribution in [3.63, 3.8) is 0 Å². The summed E-state index contributed by atoms with van der Waals surface area (Å²) in [5.74, 6) is 0. The molecule has 3 N–H and O–H groups in total. The van der Waals surface area contributed by atoms with Crippen LogP contribution in [0.1, 0.15) is 39.0 Å². The molecule has 1 rings (SSSR count). The van der Waals surface area contributed by atoms with Crippen LogP contribution in [0, 0.1) is 6.92 Å². The Morgan fingerprint density at radius 3 is 2.45 bits per heavy atom. The summed E-state index contributed by atoms with van der Waals surface area (Å²) in [5, 5.41) is 7.12. The van der Waals surface area contributed by atoms with Gasteiger partial charge in [0.25, 0.3) is 0 Å². The number of nitrogens with two attached hydrogens (primary N) is 1. The van der Waals surface area contributed by atoms with Gasteiger partial charge in [-0.2, -0.15) is 5.10 Å². The number of hydrogen-bond acceptors (Lipinski definition) is 4. The third-order valence-electron chi connectivity index (χ3n) is 3.14. The first kappa shape index (κ1) is 16.5. The number of amides is 1. The highest BCUT2D eigenvalue weighted by atomic mass is 16.6. The lowest BCUT2D eigenvalue weighted by Gasteiger charge is -2.29. The number of aryl methyl sites for hydroxylation is 2. The molecule has 1 aromatic heterocycles. The van der Waals surface area contributed by atoms with Crippen LogP contribution in [-0.2, 0) is 17.2 Å². The molecule has 6 heteroatoms. The summed E-state index contributed by atoms with van der Waals surface area (Å²) in [6.07, 6.45) is 1.51. The van der Waals surface area contributed by atoms with E-state index in [0.717, 1.165) is 11.3 Å². The molecule has 1 heterocycles. The maximum Gasteiger partial charge on any atom is 0.407 e. The first-order valence-electron chi connectivity index (χ1n) is 6.75. The molecular formula is C14H26N4O2. The predicted molar refractivity (Wildman–Crippen MR) is 78.6 cm³/mol. The fraction of sp³-hybridized carbons (Fsp3) is 0.714. The van der Waals surface area contributed by atoms with E-state index in [1.807, 2.05) is 47.9 Å². The molecule has 0 aliphatic carbocycles. The summed E-state index contributed by atoms with van der Waals surface area (Å²) in [6.45, 7) is 10.3. The summed E-state index contributed by atoms with van der Waals surface area (Å²) >= 11 is 0. The van der Waals surface area contributed by atoms with Gasteiger partial charge in [-0.25, -0.2) is 4.79 Å². The van der Waals surface area contributed by atoms with Gasteiger partial charge in [0.15, 0.2) is 0 Å². The lowest BCUT2D eigenvalue weighted by atomic mass is 9.83. The Bertz CT molecular complexity index is 476. The third kappa shape index (κ3) is 4.23. The molecule has 1 unspecified atom stereocenters. The molecule has 0 aromatic carbocycles. The van der Waals surface area contributed by atoms with Gasteiger partial charge in [-0.1, -0.05) is 6.92 Å². The van der Waals surface area contributed by atoms with Crippen LogP contribution in [0.25, 0.3) is 0 Å². The van der Waals surface area contributed by atoms with Gasteiger partial charge in [0.1, 0.15) is 5.60 Å². The molecule has 1 amide bonds. The lowest BCUT2D eigenvalue weighted by Crippen LogP contribution is -2.45. The Kier molecular flexibility index (Phi) is 4.81. The van der Waals surface area contributed by atoms with E-state index in [2.05, 4.69) is 10.4 Å². The molecule has 0 aliphatic heterocycles. The normalized spacial score (nSPS) is 14.8. The summed E-state index contributed by atoms with van der Waals surface area (Å²) in [5.41, 5.74) is 6.99. The Morgan fingerprint density at radius 1 is 1.45 bits per heavy atom. The molecule has 0 saturated carbocycles. The van der Waals surface area contributed by atoms with Crippen molar-refractivity contribution in [1.82, 2.24) is 15.1 Å². The van der Waals surface area contributed by atoms with E-state index < -0.39 is 11.7 Å². The summed E-state index contributed by atoms with van der Waals surface area (Å²) in [4.78, 5) is 11.7. The molecule has 6 nitrogen and oxygen atoms in total. The van der Waals surface area contributed by atoms with Crippen molar-refractivity contribution in [2.75, 3.05) is 13.1 Å². The van der Waals surface area contributed by atoms with Crippen molar-refractivity contribution in [3.8, 4) is 0 Å². The van der Waals surface area contributed by atoms with Crippen LogP contribution in [0.4, 0.5) is 4.79 Å². The Morgan fingerprint density at radius 2 is 2.05 bits per heavy atom. The molecule has 0 spiro atoms. The minimum Gasteiger partial charge on any atom is -0.444 e. The highest BCUT2D eigenvalue weighted by Gasteiger charge is 2.30. The quantitative estimate of drug-likeness (QED) is 0.876. The summed E-state index contributed by atoms with van der Waals surface area (Å²) in [6, 6.07) is 0. The van der Waals surface area contributed by atoms with Crippen LogP contribution in [0.2, 0.25) is 0 Å². The average molecular weight is 282 g/mol. The zero-order valence-corrected chi connectivity index (χ0v) is 13.3. The van der Waals surface area contributed by atoms with E-state index in [1.54, 1.807) is 4.68 Å². The van der Waals surface area contributed by atoms with E-state index in [4.69, 9.17) is 10.5 Å². The zero-order valence-electron chi connectivity index (χ0n) is 13.3. The molecule has 20 heavy (non-hydrogen) atoms. The van der Waals surface area contributed by atoms with Crippen LogP contribution in [0.15, 0.2) is 6.20 Å². The molecule has 114 valence electrons. The number of carbonyl (C=O) groups is 1. The van der Waals surface area contributed by atoms with Gasteiger partial charge in [-0.3, -0.25) is 4.68 Å². The minimum absolute atomic E-state index is 0.366. The number of alkyl carbamates (subject to hydrolysis) is 1. The van der Waals surface area contributed by atoms with E-state index in [-0.39, 0.29) is 5.41 Å². The lowest BCUT2D eigenvalue weighted by molar-refractivity contribution is 0.0516. The second kappa shape index (κ2) is 5.83. The number of nitrogens with zero attached hydrogens (tertiary/aromatic N) is 2. The first-order valence-corrected chi connectivity index (χ1v) is 6.75. The number of nitrogens with one attached hydrogen (secondary N) is 1. The Hall–Kier alpha value is -1.56. The van der Waals surface area contributed by atoms with Crippen molar-refractivity contribution < 1.29 is 9.53 Å². The number of ether oxygens (including phenoxy) is 1. The highest BCUT2D eigenvalue weighted by molar-refractivity contribution is 5.67. The third-order valence-corrected chi connectivity index (χ3v) is 3.14. The van der Waals surface area contributed by atoms with Crippen molar-refractivity contribution in [1.29, 1.82) is 0 Å². The van der Waals surface area contributed by atoms with Crippen LogP contribution < -0.4 is 11.1 Å². The van der Waals surface area contributed by atoms with E-state index >= 15 is 0 Å². The van der Waals surface area contributed by atoms with E-state index in [1.165, 1.54) is 0 Å². The van der Waals surface area contributed by atoms with Crippen molar-refractivity contribution in [2.24, 2.45) is 12.8 Å². The number of carbonyl (C=O) groups excluding carboxylic acids is 1. The molecule has 0 bridgehead atoms. The number of rotatable bonds is 4. The minimum atomic E-state index is -0.507. The van der Waals surface area contributed by atoms with Gasteiger partial charge < -0.3 is 15.8 Å². The number of aromatic nitrogens is 2. The monoisotopic (exact) mass is 282 g/mol. The topological polar surface area (TPSA) is 82.2 Å². The smallest absolute Gasteiger partial charge is 0.407 e. The van der Waals surface area contributed by atoms with Gasteiger partial charge in [0, 0.05) is 37.3 Å². The van der Waals surface area contributed by atoms with Gasteiger partial charge in [-0.05, 0) is 27.7 Å². The summed E-state index contributed by atoms with van der Waals surface area (Å²) in [7, 11) is 1.87. The van der Waals surface area contributed by atoms with E-state index in [0.29, 0.717) is 13.1 Å². The maximum atomic E-state index is 11.7. The Labute approximate surface area is 120 Å². The number of hydrogen-bond donors (Lipinski definition) is 2. The molecule has 0 fully saturated rings. The predicted octanol–water partition coefficient (Wildman–Crippen LogP) is 1.47. The van der Waals surface area contributed by atoms with Crippen LogP contribution in [0.3, 0.4) is 0 Å². The van der Waals surface area contributed by atoms with Crippen LogP contribution >= 0.6 is 0 Å². The fourth-order valence-corrected chi connectivity index (χ4v) is 2.05. The van der Waals surface area contributed by atoms with Gasteiger partial charge in [-0.15, -0.1) is 0 Å².